The largest absolute Gasteiger partial charge is 0.497 e. The van der Waals surface area contributed by atoms with E-state index in [4.69, 9.17) is 4.74 Å². The van der Waals surface area contributed by atoms with Crippen molar-refractivity contribution in [3.8, 4) is 5.75 Å². The van der Waals surface area contributed by atoms with Crippen molar-refractivity contribution >= 4 is 23.1 Å². The number of imide groups is 1. The van der Waals surface area contributed by atoms with Crippen LogP contribution in [0.2, 0.25) is 0 Å². The molecule has 3 aromatic rings. The van der Waals surface area contributed by atoms with E-state index in [0.29, 0.717) is 23.4 Å². The van der Waals surface area contributed by atoms with Gasteiger partial charge in [-0.05, 0) is 53.9 Å². The Hall–Kier alpha value is -3.93. The second-order valence-corrected chi connectivity index (χ2v) is 7.11. The number of anilines is 1. The lowest BCUT2D eigenvalue weighted by atomic mass is 10.0. The van der Waals surface area contributed by atoms with Crippen molar-refractivity contribution in [2.24, 2.45) is 0 Å². The summed E-state index contributed by atoms with van der Waals surface area (Å²) in [5.74, 6) is -0.505. The number of carbonyl (C=O) groups excluding carboxylic acids is 2. The van der Waals surface area contributed by atoms with E-state index in [1.165, 1.54) is 29.2 Å². The average molecular weight is 416 g/mol. The monoisotopic (exact) mass is 416 g/mol. The number of halogens is 1. The second kappa shape index (κ2) is 8.83. The van der Waals surface area contributed by atoms with Crippen molar-refractivity contribution in [2.75, 3.05) is 19.0 Å². The second-order valence-electron chi connectivity index (χ2n) is 7.11. The zero-order valence-electron chi connectivity index (χ0n) is 17.0. The first kappa shape index (κ1) is 20.3. The Morgan fingerprint density at radius 3 is 2.19 bits per heavy atom. The summed E-state index contributed by atoms with van der Waals surface area (Å²) >= 11 is 0. The van der Waals surface area contributed by atoms with Crippen LogP contribution in [0.25, 0.3) is 5.57 Å². The van der Waals surface area contributed by atoms with Crippen LogP contribution in [0.15, 0.2) is 84.6 Å². The molecule has 0 bridgehead atoms. The molecule has 0 unspecified atom stereocenters. The molecule has 156 valence electrons. The molecule has 0 spiro atoms. The van der Waals surface area contributed by atoms with Crippen LogP contribution < -0.4 is 10.1 Å². The molecule has 0 aliphatic carbocycles. The molecule has 6 heteroatoms. The van der Waals surface area contributed by atoms with Crippen molar-refractivity contribution in [1.82, 2.24) is 4.90 Å². The van der Waals surface area contributed by atoms with Gasteiger partial charge in [0, 0.05) is 12.2 Å². The van der Waals surface area contributed by atoms with Gasteiger partial charge in [0.05, 0.1) is 12.7 Å². The Labute approximate surface area is 179 Å². The Bertz CT molecular complexity index is 1120. The fraction of sp³-hybridized carbons (Fsp3) is 0.120. The third-order valence-electron chi connectivity index (χ3n) is 5.13. The molecular weight excluding hydrogens is 395 g/mol. The fourth-order valence-corrected chi connectivity index (χ4v) is 3.48. The van der Waals surface area contributed by atoms with Crippen LogP contribution in [0.3, 0.4) is 0 Å². The third kappa shape index (κ3) is 4.33. The van der Waals surface area contributed by atoms with E-state index < -0.39 is 5.91 Å². The van der Waals surface area contributed by atoms with Gasteiger partial charge in [0.2, 0.25) is 0 Å². The van der Waals surface area contributed by atoms with Gasteiger partial charge >= 0.3 is 0 Å². The number of methoxy groups -OCH3 is 1. The molecule has 0 saturated heterocycles. The Kier molecular flexibility index (Phi) is 5.80. The highest BCUT2D eigenvalue weighted by Crippen LogP contribution is 2.31. The number of rotatable bonds is 7. The smallest absolute Gasteiger partial charge is 0.278 e. The SMILES string of the molecule is COc1ccc(C2=C(Nc3ccc(F)cc3)C(=O)N(CCc3ccccc3)C2=O)cc1. The first-order valence-corrected chi connectivity index (χ1v) is 9.88. The quantitative estimate of drug-likeness (QED) is 0.585. The molecule has 4 rings (SSSR count). The first-order chi connectivity index (χ1) is 15.1. The maximum Gasteiger partial charge on any atom is 0.278 e. The molecule has 2 amide bonds. The van der Waals surface area contributed by atoms with E-state index >= 15 is 0 Å². The highest BCUT2D eigenvalue weighted by molar-refractivity contribution is 6.36. The van der Waals surface area contributed by atoms with E-state index in [2.05, 4.69) is 5.32 Å². The molecule has 0 aromatic heterocycles. The van der Waals surface area contributed by atoms with Crippen LogP contribution in [0.4, 0.5) is 10.1 Å². The van der Waals surface area contributed by atoms with Crippen LogP contribution in [-0.2, 0) is 16.0 Å². The van der Waals surface area contributed by atoms with Crippen LogP contribution in [0.1, 0.15) is 11.1 Å². The minimum absolute atomic E-state index is 0.176. The lowest BCUT2D eigenvalue weighted by molar-refractivity contribution is -0.136. The van der Waals surface area contributed by atoms with Gasteiger partial charge in [0.1, 0.15) is 17.3 Å². The highest BCUT2D eigenvalue weighted by Gasteiger charge is 2.38. The molecule has 3 aromatic carbocycles. The van der Waals surface area contributed by atoms with Crippen LogP contribution in [0, 0.1) is 5.82 Å². The number of nitrogens with zero attached hydrogens (tertiary/aromatic N) is 1. The summed E-state index contributed by atoms with van der Waals surface area (Å²) in [7, 11) is 1.56. The van der Waals surface area contributed by atoms with Crippen LogP contribution in [-0.4, -0.2) is 30.4 Å². The molecule has 31 heavy (non-hydrogen) atoms. The number of carbonyl (C=O) groups is 2. The topological polar surface area (TPSA) is 58.6 Å². The molecular formula is C25H21FN2O3. The zero-order valence-corrected chi connectivity index (χ0v) is 17.0. The predicted molar refractivity (Wildman–Crippen MR) is 117 cm³/mol. The third-order valence-corrected chi connectivity index (χ3v) is 5.13. The Morgan fingerprint density at radius 1 is 0.871 bits per heavy atom. The summed E-state index contributed by atoms with van der Waals surface area (Å²) in [5.41, 5.74) is 2.62. The molecule has 5 nitrogen and oxygen atoms in total. The van der Waals surface area contributed by atoms with Crippen molar-refractivity contribution in [3.05, 3.63) is 102 Å². The van der Waals surface area contributed by atoms with Gasteiger partial charge in [0.25, 0.3) is 11.8 Å². The van der Waals surface area contributed by atoms with Crippen LogP contribution in [0.5, 0.6) is 5.75 Å². The molecule has 1 N–H and O–H groups in total. The minimum atomic E-state index is -0.406. The molecule has 0 saturated carbocycles. The molecule has 1 aliphatic heterocycles. The van der Waals surface area contributed by atoms with Crippen molar-refractivity contribution in [1.29, 1.82) is 0 Å². The predicted octanol–water partition coefficient (Wildman–Crippen LogP) is 4.27. The first-order valence-electron chi connectivity index (χ1n) is 9.88. The molecule has 1 aliphatic rings. The summed E-state index contributed by atoms with van der Waals surface area (Å²) in [5, 5.41) is 3.02. The maximum absolute atomic E-state index is 13.3. The van der Waals surface area contributed by atoms with Gasteiger partial charge in [-0.2, -0.15) is 0 Å². The number of hydrogen-bond acceptors (Lipinski definition) is 4. The fourth-order valence-electron chi connectivity index (χ4n) is 3.48. The van der Waals surface area contributed by atoms with E-state index in [0.717, 1.165) is 5.56 Å². The number of benzene rings is 3. The molecule has 0 fully saturated rings. The summed E-state index contributed by atoms with van der Waals surface area (Å²) in [6, 6.07) is 22.3. The highest BCUT2D eigenvalue weighted by atomic mass is 19.1. The number of ether oxygens (including phenoxy) is 1. The van der Waals surface area contributed by atoms with E-state index in [-0.39, 0.29) is 29.5 Å². The van der Waals surface area contributed by atoms with E-state index in [1.54, 1.807) is 31.4 Å². The van der Waals surface area contributed by atoms with E-state index in [1.807, 2.05) is 30.3 Å². The van der Waals surface area contributed by atoms with Gasteiger partial charge in [0.15, 0.2) is 0 Å². The summed E-state index contributed by atoms with van der Waals surface area (Å²) in [4.78, 5) is 27.7. The van der Waals surface area contributed by atoms with Gasteiger partial charge in [-0.25, -0.2) is 4.39 Å². The van der Waals surface area contributed by atoms with Crippen molar-refractivity contribution in [3.63, 3.8) is 0 Å². The number of nitrogens with one attached hydrogen (secondary N) is 1. The summed E-state index contributed by atoms with van der Waals surface area (Å²) < 4.78 is 18.5. The molecule has 0 radical (unpaired) electrons. The van der Waals surface area contributed by atoms with Gasteiger partial charge in [-0.1, -0.05) is 42.5 Å². The lowest BCUT2D eigenvalue weighted by Gasteiger charge is -2.15. The van der Waals surface area contributed by atoms with Gasteiger partial charge < -0.3 is 10.1 Å². The average Bonchev–Trinajstić information content (AvgIpc) is 3.03. The zero-order chi connectivity index (χ0) is 21.8. The standard InChI is InChI=1S/C25H21FN2O3/c1-31-21-13-7-18(8-14-21)22-23(27-20-11-9-19(26)10-12-20)25(30)28(24(22)29)16-15-17-5-3-2-4-6-17/h2-14,27H,15-16H2,1H3. The Morgan fingerprint density at radius 2 is 1.55 bits per heavy atom. The number of amides is 2. The Balaban J connectivity index is 1.66. The molecule has 1 heterocycles. The normalized spacial score (nSPS) is 13.7. The summed E-state index contributed by atoms with van der Waals surface area (Å²) in [6.45, 7) is 0.260. The van der Waals surface area contributed by atoms with E-state index in [9.17, 15) is 14.0 Å². The summed E-state index contributed by atoms with van der Waals surface area (Å²) in [6.07, 6.45) is 0.554. The van der Waals surface area contributed by atoms with Crippen LogP contribution >= 0.6 is 0 Å². The minimum Gasteiger partial charge on any atom is -0.497 e. The molecule has 0 atom stereocenters. The van der Waals surface area contributed by atoms with Gasteiger partial charge in [-0.15, -0.1) is 0 Å². The maximum atomic E-state index is 13.3. The van der Waals surface area contributed by atoms with Gasteiger partial charge in [-0.3, -0.25) is 14.5 Å². The number of hydrogen-bond donors (Lipinski definition) is 1. The van der Waals surface area contributed by atoms with Crippen molar-refractivity contribution in [2.45, 2.75) is 6.42 Å². The van der Waals surface area contributed by atoms with Crippen molar-refractivity contribution < 1.29 is 18.7 Å². The lowest BCUT2D eigenvalue weighted by Crippen LogP contribution is -2.34.